The van der Waals surface area contributed by atoms with Gasteiger partial charge in [-0.1, -0.05) is 69.2 Å². The van der Waals surface area contributed by atoms with Crippen molar-refractivity contribution in [2.75, 3.05) is 0 Å². The van der Waals surface area contributed by atoms with E-state index in [0.717, 1.165) is 34.4 Å². The summed E-state index contributed by atoms with van der Waals surface area (Å²) in [6, 6.07) is 11.9. The number of fused-ring (bicyclic) bond motifs is 1. The molecule has 4 rings (SSSR count). The van der Waals surface area contributed by atoms with E-state index in [-0.39, 0.29) is 61.2 Å². The Kier molecular flexibility index (Phi) is 18.1. The van der Waals surface area contributed by atoms with Crippen LogP contribution in [0, 0.1) is 5.92 Å². The summed E-state index contributed by atoms with van der Waals surface area (Å²) in [6.45, 7) is 7.71. The topological polar surface area (TPSA) is 61.3 Å². The molecule has 0 N–H and O–H groups in total. The van der Waals surface area contributed by atoms with Gasteiger partial charge in [-0.15, -0.1) is 11.3 Å². The van der Waals surface area contributed by atoms with E-state index in [1.54, 1.807) is 11.3 Å². The molecule has 2 heterocycles. The zero-order valence-electron chi connectivity index (χ0n) is 17.4. The minimum absolute atomic E-state index is 0. The standard InChI is InChI=1S/C15H14N2OS.C8H14O2.5CH4/c1-10(2)18-15-14(13-8-5-9-19-13)16-11-6-3-4-7-12(11)17-15;1-6(2)8(9)10-7-4-3-5-7;;;;;/h3-10H,1-2H3;6-7H,3-5H2,1-2H3;5*1H4. The number of para-hydroxylation sites is 2. The Hall–Kier alpha value is -2.47. The van der Waals surface area contributed by atoms with Crippen molar-refractivity contribution in [3.8, 4) is 16.5 Å². The molecule has 34 heavy (non-hydrogen) atoms. The predicted octanol–water partition coefficient (Wildman–Crippen LogP) is 9.06. The number of thiophene rings is 1. The maximum Gasteiger partial charge on any atom is 0.308 e. The summed E-state index contributed by atoms with van der Waals surface area (Å²) < 4.78 is 10.9. The zero-order chi connectivity index (χ0) is 20.8. The third-order valence-electron chi connectivity index (χ3n) is 4.45. The van der Waals surface area contributed by atoms with Crippen LogP contribution >= 0.6 is 11.3 Å². The van der Waals surface area contributed by atoms with Gasteiger partial charge in [-0.2, -0.15) is 0 Å². The first-order valence-corrected chi connectivity index (χ1v) is 11.0. The Labute approximate surface area is 213 Å². The van der Waals surface area contributed by atoms with Crippen molar-refractivity contribution >= 4 is 28.3 Å². The number of ether oxygens (including phenoxy) is 2. The van der Waals surface area contributed by atoms with E-state index >= 15 is 0 Å². The molecule has 1 saturated carbocycles. The molecule has 3 aromatic rings. The number of aromatic nitrogens is 2. The first-order valence-electron chi connectivity index (χ1n) is 10.1. The van der Waals surface area contributed by atoms with Crippen LogP contribution in [0.15, 0.2) is 41.8 Å². The van der Waals surface area contributed by atoms with Crippen molar-refractivity contribution in [1.29, 1.82) is 0 Å². The van der Waals surface area contributed by atoms with Crippen LogP contribution in [-0.2, 0) is 9.53 Å². The molecule has 1 fully saturated rings. The van der Waals surface area contributed by atoms with Crippen molar-refractivity contribution in [3.63, 3.8) is 0 Å². The van der Waals surface area contributed by atoms with Crippen LogP contribution in [0.5, 0.6) is 5.88 Å². The van der Waals surface area contributed by atoms with Gasteiger partial charge >= 0.3 is 5.97 Å². The largest absolute Gasteiger partial charge is 0.473 e. The van der Waals surface area contributed by atoms with Crippen molar-refractivity contribution in [1.82, 2.24) is 9.97 Å². The Morgan fingerprint density at radius 2 is 1.50 bits per heavy atom. The Bertz CT molecular complexity index is 936. The highest BCUT2D eigenvalue weighted by atomic mass is 32.1. The summed E-state index contributed by atoms with van der Waals surface area (Å²) in [4.78, 5) is 21.3. The molecule has 194 valence electrons. The highest BCUT2D eigenvalue weighted by molar-refractivity contribution is 7.13. The monoisotopic (exact) mass is 492 g/mol. The van der Waals surface area contributed by atoms with Gasteiger partial charge in [-0.05, 0) is 56.7 Å². The molecule has 0 unspecified atom stereocenters. The normalized spacial score (nSPS) is 11.7. The molecule has 0 spiro atoms. The predicted molar refractivity (Wildman–Crippen MR) is 151 cm³/mol. The summed E-state index contributed by atoms with van der Waals surface area (Å²) in [7, 11) is 0. The van der Waals surface area contributed by atoms with Crippen molar-refractivity contribution in [2.45, 2.75) is 96.3 Å². The number of carbonyl (C=O) groups is 1. The van der Waals surface area contributed by atoms with Gasteiger partial charge in [-0.25, -0.2) is 9.97 Å². The van der Waals surface area contributed by atoms with Crippen molar-refractivity contribution in [2.24, 2.45) is 5.92 Å². The molecule has 5 nitrogen and oxygen atoms in total. The average Bonchev–Trinajstić information content (AvgIpc) is 3.18. The molecule has 1 aromatic carbocycles. The summed E-state index contributed by atoms with van der Waals surface area (Å²) in [5.74, 6) is 0.585. The number of benzene rings is 1. The van der Waals surface area contributed by atoms with Gasteiger partial charge in [0.15, 0.2) is 0 Å². The molecule has 0 aliphatic heterocycles. The fourth-order valence-corrected chi connectivity index (χ4v) is 3.36. The van der Waals surface area contributed by atoms with Crippen LogP contribution in [0.1, 0.15) is 84.1 Å². The lowest BCUT2D eigenvalue weighted by atomic mass is 9.96. The van der Waals surface area contributed by atoms with Gasteiger partial charge in [0, 0.05) is 0 Å². The number of nitrogens with zero attached hydrogens (tertiary/aromatic N) is 2. The molecule has 0 atom stereocenters. The minimum Gasteiger partial charge on any atom is -0.473 e. The molecule has 1 aliphatic carbocycles. The van der Waals surface area contributed by atoms with Crippen molar-refractivity contribution < 1.29 is 14.3 Å². The third-order valence-corrected chi connectivity index (χ3v) is 5.32. The lowest BCUT2D eigenvalue weighted by Crippen LogP contribution is -2.27. The molecule has 0 bridgehead atoms. The number of rotatable bonds is 5. The molecular formula is C28H48N2O3S. The molecular weight excluding hydrogens is 444 g/mol. The van der Waals surface area contributed by atoms with Crippen LogP contribution < -0.4 is 4.74 Å². The lowest BCUT2D eigenvalue weighted by molar-refractivity contribution is -0.156. The van der Waals surface area contributed by atoms with Crippen LogP contribution in [0.2, 0.25) is 0 Å². The quantitative estimate of drug-likeness (QED) is 0.332. The average molecular weight is 493 g/mol. The fourth-order valence-electron chi connectivity index (χ4n) is 2.65. The van der Waals surface area contributed by atoms with Gasteiger partial charge < -0.3 is 9.47 Å². The fraction of sp³-hybridized carbons (Fsp3) is 0.536. The first-order chi connectivity index (χ1) is 13.9. The van der Waals surface area contributed by atoms with Crippen LogP contribution in [0.4, 0.5) is 0 Å². The number of hydrogen-bond acceptors (Lipinski definition) is 6. The Morgan fingerprint density at radius 3 is 1.94 bits per heavy atom. The van der Waals surface area contributed by atoms with Gasteiger partial charge in [-0.3, -0.25) is 4.79 Å². The van der Waals surface area contributed by atoms with Crippen LogP contribution in [0.25, 0.3) is 21.6 Å². The smallest absolute Gasteiger partial charge is 0.308 e. The second kappa shape index (κ2) is 17.0. The van der Waals surface area contributed by atoms with Gasteiger partial charge in [0.25, 0.3) is 0 Å². The highest BCUT2D eigenvalue weighted by Gasteiger charge is 2.22. The Balaban J connectivity index is -0.000000563. The van der Waals surface area contributed by atoms with E-state index in [0.29, 0.717) is 5.88 Å². The maximum atomic E-state index is 10.9. The van der Waals surface area contributed by atoms with E-state index in [2.05, 4.69) is 4.98 Å². The van der Waals surface area contributed by atoms with Crippen LogP contribution in [0.3, 0.4) is 0 Å². The number of hydrogen-bond donors (Lipinski definition) is 0. The zero-order valence-corrected chi connectivity index (χ0v) is 18.2. The van der Waals surface area contributed by atoms with Gasteiger partial charge in [0.2, 0.25) is 5.88 Å². The SMILES string of the molecule is C.C.C.C.C.CC(C)C(=O)OC1CCC1.CC(C)Oc1nc2ccccc2nc1-c1cccs1. The minimum atomic E-state index is -0.0512. The molecule has 0 radical (unpaired) electrons. The summed E-state index contributed by atoms with van der Waals surface area (Å²) >= 11 is 1.64. The number of esters is 1. The van der Waals surface area contributed by atoms with E-state index in [9.17, 15) is 4.79 Å². The molecule has 6 heteroatoms. The molecule has 0 saturated heterocycles. The van der Waals surface area contributed by atoms with Gasteiger partial charge in [0.05, 0.1) is 27.9 Å². The Morgan fingerprint density at radius 1 is 0.912 bits per heavy atom. The maximum absolute atomic E-state index is 10.9. The highest BCUT2D eigenvalue weighted by Crippen LogP contribution is 2.32. The van der Waals surface area contributed by atoms with Gasteiger partial charge in [0.1, 0.15) is 11.8 Å². The summed E-state index contributed by atoms with van der Waals surface area (Å²) in [5, 5.41) is 2.03. The lowest BCUT2D eigenvalue weighted by Gasteiger charge is -2.25. The molecule has 1 aliphatic rings. The molecule has 0 amide bonds. The second-order valence-electron chi connectivity index (χ2n) is 7.65. The van der Waals surface area contributed by atoms with E-state index in [1.165, 1.54) is 6.42 Å². The summed E-state index contributed by atoms with van der Waals surface area (Å²) in [5.41, 5.74) is 2.57. The summed E-state index contributed by atoms with van der Waals surface area (Å²) in [6.07, 6.45) is 3.68. The first kappa shape index (κ1) is 36.1. The third kappa shape index (κ3) is 9.80. The molecule has 2 aromatic heterocycles. The van der Waals surface area contributed by atoms with E-state index in [4.69, 9.17) is 14.5 Å². The van der Waals surface area contributed by atoms with E-state index < -0.39 is 0 Å². The van der Waals surface area contributed by atoms with Crippen molar-refractivity contribution in [3.05, 3.63) is 41.8 Å². The number of carbonyl (C=O) groups excluding carboxylic acids is 1. The van der Waals surface area contributed by atoms with Crippen LogP contribution in [-0.4, -0.2) is 28.1 Å². The second-order valence-corrected chi connectivity index (χ2v) is 8.60. The van der Waals surface area contributed by atoms with E-state index in [1.807, 2.05) is 69.5 Å².